The summed E-state index contributed by atoms with van der Waals surface area (Å²) in [6.45, 7) is 2.19. The second kappa shape index (κ2) is 8.29. The molecule has 1 aliphatic rings. The molecule has 1 saturated heterocycles. The van der Waals surface area contributed by atoms with Gasteiger partial charge in [-0.2, -0.15) is 0 Å². The lowest BCUT2D eigenvalue weighted by Crippen LogP contribution is -2.24. The molecule has 0 spiro atoms. The summed E-state index contributed by atoms with van der Waals surface area (Å²) in [5, 5.41) is 2.87. The Bertz CT molecular complexity index is 662. The average Bonchev–Trinajstić information content (AvgIpc) is 2.87. The van der Waals surface area contributed by atoms with Crippen molar-refractivity contribution in [3.05, 3.63) is 52.6 Å². The molecule has 1 fully saturated rings. The maximum atomic E-state index is 12.1. The predicted octanol–water partition coefficient (Wildman–Crippen LogP) is 4.41. The van der Waals surface area contributed by atoms with E-state index in [1.54, 1.807) is 0 Å². The van der Waals surface area contributed by atoms with Gasteiger partial charge in [0.2, 0.25) is 5.91 Å². The summed E-state index contributed by atoms with van der Waals surface area (Å²) in [7, 11) is 0. The molecule has 0 atom stereocenters. The van der Waals surface area contributed by atoms with E-state index in [2.05, 4.69) is 31.1 Å². The highest BCUT2D eigenvalue weighted by Gasteiger charge is 2.11. The van der Waals surface area contributed by atoms with Crippen LogP contribution in [0.2, 0.25) is 0 Å². The largest absolute Gasteiger partial charge is 0.370 e. The summed E-state index contributed by atoms with van der Waals surface area (Å²) >= 11 is 3.40. The molecular formula is C19H22BrN3O. The van der Waals surface area contributed by atoms with Crippen LogP contribution in [0.3, 0.4) is 0 Å². The fourth-order valence-corrected chi connectivity index (χ4v) is 3.21. The molecule has 24 heavy (non-hydrogen) atoms. The molecule has 2 aromatic rings. The van der Waals surface area contributed by atoms with Crippen LogP contribution in [0.4, 0.5) is 11.5 Å². The van der Waals surface area contributed by atoms with Crippen LogP contribution < -0.4 is 10.2 Å². The van der Waals surface area contributed by atoms with E-state index >= 15 is 0 Å². The molecular weight excluding hydrogens is 366 g/mol. The monoisotopic (exact) mass is 387 g/mol. The molecule has 1 aromatic heterocycles. The third kappa shape index (κ3) is 4.81. The van der Waals surface area contributed by atoms with Gasteiger partial charge in [-0.1, -0.05) is 40.9 Å². The number of benzene rings is 1. The second-order valence-corrected chi connectivity index (χ2v) is 7.07. The number of amides is 1. The van der Waals surface area contributed by atoms with E-state index in [4.69, 9.17) is 0 Å². The number of hydrogen-bond acceptors (Lipinski definition) is 3. The molecule has 2 heterocycles. The SMILES string of the molecule is O=C(Cc1ccc(Br)cc1)Nc1ccc(N2CCCCCC2)cn1. The first kappa shape index (κ1) is 17.0. The molecule has 3 rings (SSSR count). The van der Waals surface area contributed by atoms with Gasteiger partial charge < -0.3 is 10.2 Å². The van der Waals surface area contributed by atoms with Crippen molar-refractivity contribution in [2.75, 3.05) is 23.3 Å². The molecule has 0 bridgehead atoms. The van der Waals surface area contributed by atoms with Crippen LogP contribution in [-0.4, -0.2) is 24.0 Å². The smallest absolute Gasteiger partial charge is 0.229 e. The summed E-state index contributed by atoms with van der Waals surface area (Å²) < 4.78 is 1.01. The number of aromatic nitrogens is 1. The van der Waals surface area contributed by atoms with E-state index in [0.29, 0.717) is 12.2 Å². The van der Waals surface area contributed by atoms with Gasteiger partial charge in [0.1, 0.15) is 5.82 Å². The van der Waals surface area contributed by atoms with Gasteiger partial charge in [-0.25, -0.2) is 4.98 Å². The van der Waals surface area contributed by atoms with Gasteiger partial charge in [0.25, 0.3) is 0 Å². The van der Waals surface area contributed by atoms with Crippen LogP contribution in [0.15, 0.2) is 47.1 Å². The van der Waals surface area contributed by atoms with Gasteiger partial charge in [-0.3, -0.25) is 4.79 Å². The van der Waals surface area contributed by atoms with E-state index < -0.39 is 0 Å². The first-order valence-electron chi connectivity index (χ1n) is 8.46. The Morgan fingerprint density at radius 1 is 1.04 bits per heavy atom. The van der Waals surface area contributed by atoms with E-state index in [1.165, 1.54) is 25.7 Å². The van der Waals surface area contributed by atoms with Gasteiger partial charge in [0.15, 0.2) is 0 Å². The maximum Gasteiger partial charge on any atom is 0.229 e. The van der Waals surface area contributed by atoms with E-state index in [9.17, 15) is 4.79 Å². The van der Waals surface area contributed by atoms with Crippen molar-refractivity contribution in [2.45, 2.75) is 32.1 Å². The Hall–Kier alpha value is -1.88. The summed E-state index contributed by atoms with van der Waals surface area (Å²) in [6.07, 6.45) is 7.32. The number of nitrogens with zero attached hydrogens (tertiary/aromatic N) is 2. The molecule has 0 aliphatic carbocycles. The molecule has 5 heteroatoms. The lowest BCUT2D eigenvalue weighted by Gasteiger charge is -2.22. The Kier molecular flexibility index (Phi) is 5.86. The van der Waals surface area contributed by atoms with Crippen molar-refractivity contribution < 1.29 is 4.79 Å². The number of nitrogens with one attached hydrogen (secondary N) is 1. The van der Waals surface area contributed by atoms with Crippen LogP contribution in [0.25, 0.3) is 0 Å². The summed E-state index contributed by atoms with van der Waals surface area (Å²) in [6, 6.07) is 11.7. The van der Waals surface area contributed by atoms with Gasteiger partial charge in [0, 0.05) is 17.6 Å². The lowest BCUT2D eigenvalue weighted by molar-refractivity contribution is -0.115. The topological polar surface area (TPSA) is 45.2 Å². The van der Waals surface area contributed by atoms with Gasteiger partial charge >= 0.3 is 0 Å². The minimum absolute atomic E-state index is 0.0488. The molecule has 0 saturated carbocycles. The highest BCUT2D eigenvalue weighted by atomic mass is 79.9. The summed E-state index contributed by atoms with van der Waals surface area (Å²) in [5.74, 6) is 0.558. The fourth-order valence-electron chi connectivity index (χ4n) is 2.95. The first-order chi connectivity index (χ1) is 11.7. The van der Waals surface area contributed by atoms with Gasteiger partial charge in [-0.15, -0.1) is 0 Å². The Balaban J connectivity index is 1.57. The number of hydrogen-bond donors (Lipinski definition) is 1. The van der Waals surface area contributed by atoms with Crippen LogP contribution >= 0.6 is 15.9 Å². The molecule has 1 aromatic carbocycles. The average molecular weight is 388 g/mol. The van der Waals surface area contributed by atoms with Crippen molar-refractivity contribution in [1.29, 1.82) is 0 Å². The summed E-state index contributed by atoms with van der Waals surface area (Å²) in [4.78, 5) is 18.9. The van der Waals surface area contributed by atoms with Crippen LogP contribution in [0.1, 0.15) is 31.2 Å². The number of pyridine rings is 1. The Morgan fingerprint density at radius 3 is 2.38 bits per heavy atom. The van der Waals surface area contributed by atoms with Crippen molar-refractivity contribution in [2.24, 2.45) is 0 Å². The molecule has 4 nitrogen and oxygen atoms in total. The number of carbonyl (C=O) groups is 1. The highest BCUT2D eigenvalue weighted by Crippen LogP contribution is 2.20. The first-order valence-corrected chi connectivity index (χ1v) is 9.25. The minimum atomic E-state index is -0.0488. The third-order valence-corrected chi connectivity index (χ3v) is 4.79. The predicted molar refractivity (Wildman–Crippen MR) is 101 cm³/mol. The quantitative estimate of drug-likeness (QED) is 0.844. The van der Waals surface area contributed by atoms with Gasteiger partial charge in [0.05, 0.1) is 18.3 Å². The zero-order valence-electron chi connectivity index (χ0n) is 13.7. The zero-order valence-corrected chi connectivity index (χ0v) is 15.3. The third-order valence-electron chi connectivity index (χ3n) is 4.26. The number of rotatable bonds is 4. The molecule has 1 amide bonds. The molecule has 0 radical (unpaired) electrons. The van der Waals surface area contributed by atoms with E-state index in [0.717, 1.165) is 28.8 Å². The fraction of sp³-hybridized carbons (Fsp3) is 0.368. The molecule has 1 N–H and O–H groups in total. The Morgan fingerprint density at radius 2 is 1.75 bits per heavy atom. The normalized spacial score (nSPS) is 15.0. The van der Waals surface area contributed by atoms with Crippen molar-refractivity contribution in [3.63, 3.8) is 0 Å². The number of halogens is 1. The Labute approximate surface area is 151 Å². The number of carbonyl (C=O) groups excluding carboxylic acids is 1. The summed E-state index contributed by atoms with van der Waals surface area (Å²) in [5.41, 5.74) is 2.12. The van der Waals surface area contributed by atoms with Crippen molar-refractivity contribution >= 4 is 33.3 Å². The van der Waals surface area contributed by atoms with Crippen molar-refractivity contribution in [3.8, 4) is 0 Å². The second-order valence-electron chi connectivity index (χ2n) is 6.15. The molecule has 126 valence electrons. The minimum Gasteiger partial charge on any atom is -0.370 e. The molecule has 1 aliphatic heterocycles. The van der Waals surface area contributed by atoms with Gasteiger partial charge in [-0.05, 0) is 42.7 Å². The standard InChI is InChI=1S/C19H22BrN3O/c20-16-7-5-15(6-8-16)13-19(24)22-18-10-9-17(14-21-18)23-11-3-1-2-4-12-23/h5-10,14H,1-4,11-13H2,(H,21,22,24). The van der Waals surface area contributed by atoms with Crippen LogP contribution in [-0.2, 0) is 11.2 Å². The number of anilines is 2. The highest BCUT2D eigenvalue weighted by molar-refractivity contribution is 9.10. The van der Waals surface area contributed by atoms with Crippen LogP contribution in [0, 0.1) is 0 Å². The van der Waals surface area contributed by atoms with Crippen molar-refractivity contribution in [1.82, 2.24) is 4.98 Å². The van der Waals surface area contributed by atoms with Crippen LogP contribution in [0.5, 0.6) is 0 Å². The van der Waals surface area contributed by atoms with E-state index in [1.807, 2.05) is 42.6 Å². The zero-order chi connectivity index (χ0) is 16.8. The van der Waals surface area contributed by atoms with E-state index in [-0.39, 0.29) is 5.91 Å². The lowest BCUT2D eigenvalue weighted by atomic mass is 10.1. The molecule has 0 unspecified atom stereocenters. The maximum absolute atomic E-state index is 12.1.